The fourth-order valence-corrected chi connectivity index (χ4v) is 2.08. The first-order chi connectivity index (χ1) is 9.28. The predicted octanol–water partition coefficient (Wildman–Crippen LogP) is 1.47. The maximum absolute atomic E-state index is 11.9. The summed E-state index contributed by atoms with van der Waals surface area (Å²) in [5, 5.41) is 6.95. The lowest BCUT2D eigenvalue weighted by molar-refractivity contribution is -0.131. The van der Waals surface area contributed by atoms with E-state index in [-0.39, 0.29) is 5.91 Å². The van der Waals surface area contributed by atoms with Crippen molar-refractivity contribution in [3.05, 3.63) is 29.8 Å². The molecule has 5 nitrogen and oxygen atoms in total. The van der Waals surface area contributed by atoms with E-state index >= 15 is 0 Å². The van der Waals surface area contributed by atoms with Gasteiger partial charge in [0.1, 0.15) is 5.75 Å². The van der Waals surface area contributed by atoms with Gasteiger partial charge in [0, 0.05) is 18.0 Å². The molecule has 1 unspecified atom stereocenters. The number of methoxy groups -OCH3 is 1. The Morgan fingerprint density at radius 1 is 1.42 bits per heavy atom. The lowest BCUT2D eigenvalue weighted by atomic mass is 10.0. The lowest BCUT2D eigenvalue weighted by Crippen LogP contribution is -2.36. The third kappa shape index (κ3) is 2.54. The quantitative estimate of drug-likeness (QED) is 0.891. The van der Waals surface area contributed by atoms with Crippen molar-refractivity contribution in [3.8, 4) is 5.75 Å². The average molecular weight is 260 g/mol. The van der Waals surface area contributed by atoms with Gasteiger partial charge in [-0.3, -0.25) is 4.79 Å². The van der Waals surface area contributed by atoms with Gasteiger partial charge in [0.2, 0.25) is 6.10 Å². The zero-order valence-corrected chi connectivity index (χ0v) is 10.8. The highest BCUT2D eigenvalue weighted by molar-refractivity contribution is 6.05. The third-order valence-electron chi connectivity index (χ3n) is 3.30. The van der Waals surface area contributed by atoms with E-state index in [9.17, 15) is 4.79 Å². The first-order valence-electron chi connectivity index (χ1n) is 6.44. The number of nitrogens with zero attached hydrogens (tertiary/aromatic N) is 1. The minimum atomic E-state index is -0.513. The van der Waals surface area contributed by atoms with Crippen molar-refractivity contribution < 1.29 is 14.4 Å². The first kappa shape index (κ1) is 12.0. The van der Waals surface area contributed by atoms with Crippen molar-refractivity contribution in [2.75, 3.05) is 7.11 Å². The second kappa shape index (κ2) is 4.91. The fourth-order valence-electron chi connectivity index (χ4n) is 2.08. The molecule has 1 saturated carbocycles. The van der Waals surface area contributed by atoms with Gasteiger partial charge in [0.05, 0.1) is 12.8 Å². The van der Waals surface area contributed by atoms with Gasteiger partial charge in [-0.1, -0.05) is 17.3 Å². The normalized spacial score (nSPS) is 21.5. The van der Waals surface area contributed by atoms with Crippen molar-refractivity contribution in [1.82, 2.24) is 5.32 Å². The summed E-state index contributed by atoms with van der Waals surface area (Å²) in [6.07, 6.45) is 2.11. The zero-order valence-electron chi connectivity index (χ0n) is 10.8. The van der Waals surface area contributed by atoms with Crippen LogP contribution in [0.1, 0.15) is 24.8 Å². The van der Waals surface area contributed by atoms with Crippen LogP contribution in [0.2, 0.25) is 0 Å². The van der Waals surface area contributed by atoms with Crippen molar-refractivity contribution in [2.24, 2.45) is 5.16 Å². The highest BCUT2D eigenvalue weighted by Crippen LogP contribution is 2.25. The van der Waals surface area contributed by atoms with Crippen molar-refractivity contribution in [3.63, 3.8) is 0 Å². The van der Waals surface area contributed by atoms with Crippen LogP contribution < -0.4 is 10.1 Å². The minimum absolute atomic E-state index is 0.0730. The molecule has 0 aromatic heterocycles. The monoisotopic (exact) mass is 260 g/mol. The molecule has 1 fully saturated rings. The van der Waals surface area contributed by atoms with Crippen LogP contribution in [-0.4, -0.2) is 30.9 Å². The number of nitrogens with one attached hydrogen (secondary N) is 1. The molecule has 1 atom stereocenters. The summed E-state index contributed by atoms with van der Waals surface area (Å²) in [6, 6.07) is 7.94. The molecule has 1 aliphatic carbocycles. The number of carbonyl (C=O) groups is 1. The Kier molecular flexibility index (Phi) is 3.11. The summed E-state index contributed by atoms with van der Waals surface area (Å²) in [4.78, 5) is 17.1. The molecule has 1 amide bonds. The maximum Gasteiger partial charge on any atom is 0.264 e. The summed E-state index contributed by atoms with van der Waals surface area (Å²) >= 11 is 0. The molecule has 100 valence electrons. The number of hydrogen-bond acceptors (Lipinski definition) is 4. The van der Waals surface area contributed by atoms with Gasteiger partial charge in [0.15, 0.2) is 0 Å². The van der Waals surface area contributed by atoms with Crippen LogP contribution in [0.25, 0.3) is 0 Å². The molecule has 1 heterocycles. The molecule has 1 aromatic rings. The number of benzene rings is 1. The molecule has 1 N–H and O–H groups in total. The highest BCUT2D eigenvalue weighted by Gasteiger charge is 2.33. The molecule has 3 rings (SSSR count). The van der Waals surface area contributed by atoms with Crippen LogP contribution in [0.5, 0.6) is 5.75 Å². The Bertz CT molecular complexity index is 523. The number of ether oxygens (including phenoxy) is 1. The largest absolute Gasteiger partial charge is 0.496 e. The van der Waals surface area contributed by atoms with Crippen molar-refractivity contribution in [1.29, 1.82) is 0 Å². The summed E-state index contributed by atoms with van der Waals surface area (Å²) in [5.41, 5.74) is 1.64. The first-order valence-corrected chi connectivity index (χ1v) is 6.44. The Morgan fingerprint density at radius 3 is 2.95 bits per heavy atom. The zero-order chi connectivity index (χ0) is 13.2. The van der Waals surface area contributed by atoms with E-state index in [1.54, 1.807) is 7.11 Å². The average Bonchev–Trinajstić information content (AvgIpc) is 3.11. The minimum Gasteiger partial charge on any atom is -0.496 e. The Labute approximate surface area is 111 Å². The Morgan fingerprint density at radius 2 is 2.21 bits per heavy atom. The fraction of sp³-hybridized carbons (Fsp3) is 0.429. The number of rotatable bonds is 4. The van der Waals surface area contributed by atoms with E-state index in [1.165, 1.54) is 0 Å². The van der Waals surface area contributed by atoms with Gasteiger partial charge in [0.25, 0.3) is 5.91 Å². The van der Waals surface area contributed by atoms with Crippen LogP contribution in [0, 0.1) is 0 Å². The van der Waals surface area contributed by atoms with Gasteiger partial charge < -0.3 is 14.9 Å². The molecule has 19 heavy (non-hydrogen) atoms. The third-order valence-corrected chi connectivity index (χ3v) is 3.30. The molecule has 1 aliphatic heterocycles. The molecule has 0 bridgehead atoms. The maximum atomic E-state index is 11.9. The van der Waals surface area contributed by atoms with E-state index < -0.39 is 6.10 Å². The predicted molar refractivity (Wildman–Crippen MR) is 70.2 cm³/mol. The van der Waals surface area contributed by atoms with Crippen LogP contribution in [0.4, 0.5) is 0 Å². The molecule has 5 heteroatoms. The van der Waals surface area contributed by atoms with E-state index in [0.717, 1.165) is 29.9 Å². The molecule has 0 radical (unpaired) electrons. The van der Waals surface area contributed by atoms with E-state index in [2.05, 4.69) is 10.5 Å². The Hall–Kier alpha value is -2.04. The van der Waals surface area contributed by atoms with Crippen molar-refractivity contribution >= 4 is 11.6 Å². The van der Waals surface area contributed by atoms with E-state index in [0.29, 0.717) is 12.5 Å². The summed E-state index contributed by atoms with van der Waals surface area (Å²) in [6.45, 7) is 0. The highest BCUT2D eigenvalue weighted by atomic mass is 16.6. The van der Waals surface area contributed by atoms with E-state index in [1.807, 2.05) is 24.3 Å². The SMILES string of the molecule is COc1ccccc1C1=NOC(C(=O)NC2CC2)C1. The summed E-state index contributed by atoms with van der Waals surface area (Å²) in [5.74, 6) is 0.671. The van der Waals surface area contributed by atoms with Gasteiger partial charge in [-0.05, 0) is 25.0 Å². The van der Waals surface area contributed by atoms with Gasteiger partial charge >= 0.3 is 0 Å². The van der Waals surface area contributed by atoms with E-state index in [4.69, 9.17) is 9.57 Å². The number of carbonyl (C=O) groups excluding carboxylic acids is 1. The second-order valence-electron chi connectivity index (χ2n) is 4.82. The van der Waals surface area contributed by atoms with Gasteiger partial charge in [-0.15, -0.1) is 0 Å². The second-order valence-corrected chi connectivity index (χ2v) is 4.82. The van der Waals surface area contributed by atoms with Gasteiger partial charge in [-0.2, -0.15) is 0 Å². The van der Waals surface area contributed by atoms with Crippen LogP contribution in [0.15, 0.2) is 29.4 Å². The molecule has 1 aromatic carbocycles. The van der Waals surface area contributed by atoms with Crippen LogP contribution in [-0.2, 0) is 9.63 Å². The molecule has 2 aliphatic rings. The summed E-state index contributed by atoms with van der Waals surface area (Å²) in [7, 11) is 1.62. The van der Waals surface area contributed by atoms with Crippen LogP contribution in [0.3, 0.4) is 0 Å². The number of para-hydroxylation sites is 1. The Balaban J connectivity index is 1.68. The summed E-state index contributed by atoms with van der Waals surface area (Å²) < 4.78 is 5.29. The smallest absolute Gasteiger partial charge is 0.264 e. The number of hydrogen-bond donors (Lipinski definition) is 1. The lowest BCUT2D eigenvalue weighted by Gasteiger charge is -2.09. The topological polar surface area (TPSA) is 59.9 Å². The molecule has 0 saturated heterocycles. The molecule has 0 spiro atoms. The molecular weight excluding hydrogens is 244 g/mol. The standard InChI is InChI=1S/C14H16N2O3/c1-18-12-5-3-2-4-10(12)11-8-13(19-16-11)14(17)15-9-6-7-9/h2-5,9,13H,6-8H2,1H3,(H,15,17). The van der Waals surface area contributed by atoms with Crippen molar-refractivity contribution in [2.45, 2.75) is 31.4 Å². The molecular formula is C14H16N2O3. The van der Waals surface area contributed by atoms with Crippen LogP contribution >= 0.6 is 0 Å². The van der Waals surface area contributed by atoms with Gasteiger partial charge in [-0.25, -0.2) is 0 Å². The number of oxime groups is 1. The number of amides is 1.